The van der Waals surface area contributed by atoms with Crippen LogP contribution in [0.25, 0.3) is 0 Å². The normalized spacial score (nSPS) is 29.9. The summed E-state index contributed by atoms with van der Waals surface area (Å²) >= 11 is 2.15. The molecular weight excluding hydrogens is 437 g/mol. The van der Waals surface area contributed by atoms with Gasteiger partial charge in [-0.1, -0.05) is 5.16 Å². The van der Waals surface area contributed by atoms with Crippen molar-refractivity contribution in [2.75, 3.05) is 12.8 Å². The van der Waals surface area contributed by atoms with Gasteiger partial charge in [-0.15, -0.1) is 23.1 Å². The quantitative estimate of drug-likeness (QED) is 0.145. The Hall–Kier alpha value is -1.87. The van der Waals surface area contributed by atoms with Gasteiger partial charge >= 0.3 is 35.5 Å². The first-order valence-electron chi connectivity index (χ1n) is 7.85. The van der Waals surface area contributed by atoms with Crippen molar-refractivity contribution in [3.63, 3.8) is 0 Å². The molecule has 2 amide bonds. The van der Waals surface area contributed by atoms with Gasteiger partial charge in [0.05, 0.1) is 11.7 Å². The van der Waals surface area contributed by atoms with Gasteiger partial charge in [-0.2, -0.15) is 0 Å². The monoisotopic (exact) mass is 449 g/mol. The van der Waals surface area contributed by atoms with Crippen LogP contribution in [0.1, 0.15) is 12.1 Å². The van der Waals surface area contributed by atoms with E-state index in [1.807, 2.05) is 0 Å². The molecule has 3 aliphatic rings. The van der Waals surface area contributed by atoms with Gasteiger partial charge in [0.25, 0.3) is 11.8 Å². The number of aromatic nitrogens is 1. The Morgan fingerprint density at radius 3 is 2.83 bits per heavy atom. The predicted octanol–water partition coefficient (Wildman–Crippen LogP) is -5.76. The number of nitrogen functional groups attached to an aromatic ring is 1. The van der Waals surface area contributed by atoms with Crippen LogP contribution in [0.3, 0.4) is 0 Å². The maximum absolute atomic E-state index is 12.6. The molecule has 4 rings (SSSR count). The van der Waals surface area contributed by atoms with Gasteiger partial charge in [-0.05, 0) is 0 Å². The van der Waals surface area contributed by atoms with Crippen LogP contribution < -0.4 is 45.7 Å². The number of carbonyl (C=O) groups excluding carboxylic acids is 4. The van der Waals surface area contributed by atoms with Crippen molar-refractivity contribution in [3.05, 3.63) is 11.1 Å². The number of oxime groups is 1. The number of nitrogens with zero attached hydrogens (tertiary/aromatic N) is 3. The Balaban J connectivity index is 0.00000240. The molecule has 3 aliphatic heterocycles. The van der Waals surface area contributed by atoms with E-state index in [0.29, 0.717) is 0 Å². The Bertz CT molecular complexity index is 939. The van der Waals surface area contributed by atoms with Crippen molar-refractivity contribution in [2.24, 2.45) is 5.16 Å². The largest absolute Gasteiger partial charge is 1.00 e. The van der Waals surface area contributed by atoms with Gasteiger partial charge in [0, 0.05) is 5.38 Å². The standard InChI is InChI=1S/C14H13N5O7S2.Na/c1-25-18-7(4-3-27-13(15)16-4)9(21)17-8-10(22)19-11(8)28-5-2-6(20)26-14(5,19)12(23)24;/h3,5,8,11H,2H2,1H3,(H2,15,16)(H,17,21)(H,23,24);/q;+1/p-1/b18-7-;/t5-,8+,11+,14-;/m0./s1. The molecule has 148 valence electrons. The number of carboxylic acids is 1. The molecule has 0 unspecified atom stereocenters. The second-order valence-electron chi connectivity index (χ2n) is 6.03. The summed E-state index contributed by atoms with van der Waals surface area (Å²) < 4.78 is 4.95. The number of nitrogens with two attached hydrogens (primary N) is 1. The summed E-state index contributed by atoms with van der Waals surface area (Å²) in [5, 5.41) is 18.0. The molecule has 4 heterocycles. The number of carboxylic acid groups (broad SMARTS) is 1. The van der Waals surface area contributed by atoms with Crippen LogP contribution in [0, 0.1) is 0 Å². The minimum Gasteiger partial charge on any atom is -0.544 e. The first kappa shape index (κ1) is 21.8. The third-order valence-electron chi connectivity index (χ3n) is 4.50. The third-order valence-corrected chi connectivity index (χ3v) is 6.75. The number of hydrogen-bond donors (Lipinski definition) is 2. The molecule has 1 aromatic heterocycles. The van der Waals surface area contributed by atoms with Crippen molar-refractivity contribution in [2.45, 2.75) is 28.8 Å². The van der Waals surface area contributed by atoms with Crippen molar-refractivity contribution >= 4 is 57.7 Å². The topological polar surface area (TPSA) is 176 Å². The number of fused-ring (bicyclic) bond motifs is 3. The number of amides is 2. The number of carbonyl (C=O) groups is 4. The van der Waals surface area contributed by atoms with E-state index in [9.17, 15) is 24.3 Å². The number of aliphatic carboxylic acids is 1. The van der Waals surface area contributed by atoms with Crippen LogP contribution in [0.2, 0.25) is 0 Å². The third kappa shape index (κ3) is 3.18. The number of thiazole rings is 1. The molecule has 12 nitrogen and oxygen atoms in total. The zero-order chi connectivity index (χ0) is 20.2. The van der Waals surface area contributed by atoms with Crippen molar-refractivity contribution in [3.8, 4) is 0 Å². The number of hydrogen-bond acceptors (Lipinski definition) is 12. The molecule has 1 aromatic rings. The van der Waals surface area contributed by atoms with Crippen LogP contribution in [-0.4, -0.2) is 68.8 Å². The number of anilines is 1. The van der Waals surface area contributed by atoms with E-state index in [1.165, 1.54) is 12.5 Å². The molecule has 0 aromatic carbocycles. The van der Waals surface area contributed by atoms with Crippen LogP contribution in [0.4, 0.5) is 5.13 Å². The van der Waals surface area contributed by atoms with E-state index in [1.54, 1.807) is 0 Å². The summed E-state index contributed by atoms with van der Waals surface area (Å²) in [5.74, 6) is -3.85. The number of β-lactam (4-membered cyclic amide) rings is 1. The van der Waals surface area contributed by atoms with E-state index in [2.05, 4.69) is 20.3 Å². The van der Waals surface area contributed by atoms with Gasteiger partial charge in [0.15, 0.2) is 10.8 Å². The average molecular weight is 449 g/mol. The second-order valence-corrected chi connectivity index (χ2v) is 8.24. The van der Waals surface area contributed by atoms with Crippen molar-refractivity contribution < 1.29 is 63.4 Å². The summed E-state index contributed by atoms with van der Waals surface area (Å²) in [6, 6.07) is -1.03. The first-order chi connectivity index (χ1) is 13.3. The molecule has 15 heteroatoms. The molecule has 4 atom stereocenters. The summed E-state index contributed by atoms with van der Waals surface area (Å²) in [4.78, 5) is 57.9. The Kier molecular flexibility index (Phi) is 5.84. The number of ether oxygens (including phenoxy) is 1. The van der Waals surface area contributed by atoms with E-state index in [-0.39, 0.29) is 52.5 Å². The second kappa shape index (κ2) is 7.75. The molecule has 29 heavy (non-hydrogen) atoms. The smallest absolute Gasteiger partial charge is 0.544 e. The van der Waals surface area contributed by atoms with Gasteiger partial charge in [0.2, 0.25) is 5.72 Å². The fourth-order valence-corrected chi connectivity index (χ4v) is 5.63. The number of esters is 1. The minimum atomic E-state index is -2.14. The Morgan fingerprint density at radius 2 is 2.24 bits per heavy atom. The Morgan fingerprint density at radius 1 is 1.52 bits per heavy atom. The minimum absolute atomic E-state index is 0. The Labute approximate surface area is 193 Å². The maximum atomic E-state index is 12.6. The molecule has 0 aliphatic carbocycles. The number of thioether (sulfide) groups is 1. The fourth-order valence-electron chi connectivity index (χ4n) is 3.35. The van der Waals surface area contributed by atoms with E-state index >= 15 is 0 Å². The zero-order valence-electron chi connectivity index (χ0n) is 15.1. The van der Waals surface area contributed by atoms with Gasteiger partial charge in [0.1, 0.15) is 30.2 Å². The SMILES string of the molecule is CO/N=C(\C(=O)N[C@@H]1C(=O)N2[C@@H]1S[C@H]1CC(=O)O[C@]12C(=O)[O-])c1csc(N)n1.[Na+]. The average Bonchev–Trinajstić information content (AvgIpc) is 3.27. The van der Waals surface area contributed by atoms with E-state index < -0.39 is 46.1 Å². The molecule has 3 saturated heterocycles. The van der Waals surface area contributed by atoms with Gasteiger partial charge in [-0.3, -0.25) is 19.3 Å². The number of rotatable bonds is 5. The first-order valence-corrected chi connectivity index (χ1v) is 9.67. The molecule has 0 radical (unpaired) electrons. The molecule has 0 spiro atoms. The summed E-state index contributed by atoms with van der Waals surface area (Å²) in [5.41, 5.74) is 3.40. The molecule has 0 saturated carbocycles. The number of nitrogens with one attached hydrogen (secondary N) is 1. The molecule has 3 N–H and O–H groups in total. The van der Waals surface area contributed by atoms with Crippen molar-refractivity contribution in [1.82, 2.24) is 15.2 Å². The van der Waals surface area contributed by atoms with Crippen LogP contribution in [0.15, 0.2) is 10.5 Å². The van der Waals surface area contributed by atoms with Crippen molar-refractivity contribution in [1.29, 1.82) is 0 Å². The van der Waals surface area contributed by atoms with Crippen LogP contribution in [-0.2, 0) is 28.8 Å². The molecular formula is C14H12N5NaO7S2. The molecule has 3 fully saturated rings. The summed E-state index contributed by atoms with van der Waals surface area (Å²) in [7, 11) is 1.24. The summed E-state index contributed by atoms with van der Waals surface area (Å²) in [6.07, 6.45) is -0.173. The zero-order valence-corrected chi connectivity index (χ0v) is 18.7. The predicted molar refractivity (Wildman–Crippen MR) is 92.5 cm³/mol. The van der Waals surface area contributed by atoms with E-state index in [0.717, 1.165) is 28.0 Å². The fraction of sp³-hybridized carbons (Fsp3) is 0.429. The molecule has 0 bridgehead atoms. The van der Waals surface area contributed by atoms with Crippen LogP contribution >= 0.6 is 23.1 Å². The van der Waals surface area contributed by atoms with E-state index in [4.69, 9.17) is 10.5 Å². The van der Waals surface area contributed by atoms with Gasteiger partial charge < -0.3 is 30.5 Å². The van der Waals surface area contributed by atoms with Crippen LogP contribution in [0.5, 0.6) is 0 Å². The maximum Gasteiger partial charge on any atom is 1.00 e. The van der Waals surface area contributed by atoms with Gasteiger partial charge in [-0.25, -0.2) is 4.98 Å². The summed E-state index contributed by atoms with van der Waals surface area (Å²) in [6.45, 7) is 0.